The molecule has 2 bridgehead atoms. The van der Waals surface area contributed by atoms with Gasteiger partial charge in [0.05, 0.1) is 18.1 Å². The maximum atomic E-state index is 12.3. The molecule has 0 saturated heterocycles. The number of nitrogens with zero attached hydrogens (tertiary/aromatic N) is 1. The number of hydrogen-bond acceptors (Lipinski definition) is 3. The number of benzene rings is 1. The van der Waals surface area contributed by atoms with Gasteiger partial charge in [0, 0.05) is 6.07 Å². The van der Waals surface area contributed by atoms with Gasteiger partial charge in [-0.15, -0.1) is 0 Å². The van der Waals surface area contributed by atoms with E-state index in [1.807, 2.05) is 18.2 Å². The lowest BCUT2D eigenvalue weighted by Crippen LogP contribution is -2.18. The molecule has 1 heterocycles. The molecule has 1 aromatic carbocycles. The van der Waals surface area contributed by atoms with Gasteiger partial charge < -0.3 is 9.72 Å². The molecule has 0 spiro atoms. The van der Waals surface area contributed by atoms with Crippen molar-refractivity contribution in [2.75, 3.05) is 7.11 Å². The first-order chi connectivity index (χ1) is 12.1. The lowest BCUT2D eigenvalue weighted by Gasteiger charge is -2.27. The first-order valence-corrected chi connectivity index (χ1v) is 9.71. The van der Waals surface area contributed by atoms with E-state index in [0.29, 0.717) is 5.69 Å². The molecular weight excluding hydrogens is 312 g/mol. The zero-order valence-corrected chi connectivity index (χ0v) is 15.3. The van der Waals surface area contributed by atoms with Crippen molar-refractivity contribution in [2.45, 2.75) is 51.9 Å². The van der Waals surface area contributed by atoms with E-state index in [9.17, 15) is 4.79 Å². The van der Waals surface area contributed by atoms with Crippen LogP contribution in [0.2, 0.25) is 0 Å². The van der Waals surface area contributed by atoms with Gasteiger partial charge in [-0.05, 0) is 67.9 Å². The summed E-state index contributed by atoms with van der Waals surface area (Å²) in [5.74, 6) is 4.63. The van der Waals surface area contributed by atoms with Gasteiger partial charge in [0.2, 0.25) is 0 Å². The molecule has 1 aromatic heterocycles. The normalized spacial score (nSPS) is 25.8. The first kappa shape index (κ1) is 16.6. The quantitative estimate of drug-likeness (QED) is 0.763. The number of H-pyrrole nitrogens is 1. The Morgan fingerprint density at radius 1 is 1.28 bits per heavy atom. The summed E-state index contributed by atoms with van der Waals surface area (Å²) in [6.45, 7) is 2.43. The summed E-state index contributed by atoms with van der Waals surface area (Å²) in [6.07, 6.45) is 8.75. The summed E-state index contributed by atoms with van der Waals surface area (Å²) in [5, 5.41) is 0. The Morgan fingerprint density at radius 3 is 2.84 bits per heavy atom. The van der Waals surface area contributed by atoms with Crippen LogP contribution >= 0.6 is 0 Å². The summed E-state index contributed by atoms with van der Waals surface area (Å²) in [7, 11) is 1.62. The molecule has 4 nitrogen and oxygen atoms in total. The van der Waals surface area contributed by atoms with Gasteiger partial charge in [0.15, 0.2) is 0 Å². The van der Waals surface area contributed by atoms with Crippen molar-refractivity contribution in [3.63, 3.8) is 0 Å². The third-order valence-corrected chi connectivity index (χ3v) is 6.51. The summed E-state index contributed by atoms with van der Waals surface area (Å²) in [5.41, 5.74) is 2.16. The van der Waals surface area contributed by atoms with E-state index in [-0.39, 0.29) is 5.56 Å². The van der Waals surface area contributed by atoms with Crippen LogP contribution in [0, 0.1) is 23.7 Å². The minimum absolute atomic E-state index is 0.0644. The highest BCUT2D eigenvalue weighted by Gasteiger charge is 2.45. The number of aromatic amines is 1. The minimum atomic E-state index is -0.0644. The maximum absolute atomic E-state index is 12.3. The fourth-order valence-corrected chi connectivity index (χ4v) is 4.98. The Bertz CT molecular complexity index is 807. The molecule has 134 valence electrons. The monoisotopic (exact) mass is 340 g/mol. The van der Waals surface area contributed by atoms with E-state index >= 15 is 0 Å². The molecule has 0 aliphatic heterocycles. The number of hydrogen-bond donors (Lipinski definition) is 1. The van der Waals surface area contributed by atoms with Crippen molar-refractivity contribution < 1.29 is 4.74 Å². The van der Waals surface area contributed by atoms with Gasteiger partial charge in [-0.2, -0.15) is 0 Å². The molecule has 4 heteroatoms. The molecule has 2 unspecified atom stereocenters. The highest BCUT2D eigenvalue weighted by Crippen LogP contribution is 2.55. The second-order valence-electron chi connectivity index (χ2n) is 8.12. The van der Waals surface area contributed by atoms with Crippen molar-refractivity contribution >= 4 is 11.0 Å². The van der Waals surface area contributed by atoms with Crippen molar-refractivity contribution in [1.82, 2.24) is 9.97 Å². The van der Waals surface area contributed by atoms with E-state index in [2.05, 4.69) is 16.9 Å². The molecule has 3 aliphatic rings. The lowest BCUT2D eigenvalue weighted by molar-refractivity contribution is 0.228. The number of nitrogens with one attached hydrogen (secondary N) is 1. The van der Waals surface area contributed by atoms with Crippen LogP contribution in [0.1, 0.15) is 51.1 Å². The molecule has 3 aliphatic carbocycles. The van der Waals surface area contributed by atoms with E-state index in [0.717, 1.165) is 53.3 Å². The molecule has 5 rings (SSSR count). The number of fused-ring (bicyclic) bond motifs is 2. The number of aryl methyl sites for hydroxylation is 1. The van der Waals surface area contributed by atoms with E-state index in [1.54, 1.807) is 7.11 Å². The Morgan fingerprint density at radius 2 is 2.12 bits per heavy atom. The lowest BCUT2D eigenvalue weighted by atomic mass is 9.78. The van der Waals surface area contributed by atoms with Crippen LogP contribution in [0.4, 0.5) is 0 Å². The number of unbranched alkanes of at least 4 members (excludes halogenated alkanes) is 1. The average molecular weight is 340 g/mol. The molecule has 3 fully saturated rings. The van der Waals surface area contributed by atoms with Crippen LogP contribution in [0.3, 0.4) is 0 Å². The molecule has 25 heavy (non-hydrogen) atoms. The molecule has 0 amide bonds. The summed E-state index contributed by atoms with van der Waals surface area (Å²) in [4.78, 5) is 19.8. The Kier molecular flexibility index (Phi) is 4.53. The van der Waals surface area contributed by atoms with Crippen LogP contribution in [-0.2, 0) is 6.42 Å². The summed E-state index contributed by atoms with van der Waals surface area (Å²) >= 11 is 0. The SMILES string of the molecule is COc1ccc2nc(CCCCC(C)C3CC4CC3C4)c(=O)[nH]c2c1. The minimum Gasteiger partial charge on any atom is -0.497 e. The van der Waals surface area contributed by atoms with Gasteiger partial charge in [0.25, 0.3) is 5.56 Å². The van der Waals surface area contributed by atoms with Crippen LogP contribution in [0.5, 0.6) is 5.75 Å². The van der Waals surface area contributed by atoms with Crippen LogP contribution in [-0.4, -0.2) is 17.1 Å². The number of ether oxygens (including phenoxy) is 1. The molecule has 3 saturated carbocycles. The fraction of sp³-hybridized carbons (Fsp3) is 0.619. The van der Waals surface area contributed by atoms with Gasteiger partial charge >= 0.3 is 0 Å². The predicted molar refractivity (Wildman–Crippen MR) is 100.0 cm³/mol. The molecular formula is C21H28N2O2. The largest absolute Gasteiger partial charge is 0.497 e. The Labute approximate surface area is 149 Å². The smallest absolute Gasteiger partial charge is 0.270 e. The molecule has 2 atom stereocenters. The second kappa shape index (κ2) is 6.81. The molecule has 0 radical (unpaired) electrons. The first-order valence-electron chi connectivity index (χ1n) is 9.71. The number of methoxy groups -OCH3 is 1. The molecule has 1 N–H and O–H groups in total. The number of aromatic nitrogens is 2. The Hall–Kier alpha value is -1.84. The molecule has 2 aromatic rings. The predicted octanol–water partition coefficient (Wildman–Crippen LogP) is 4.33. The third kappa shape index (κ3) is 3.31. The van der Waals surface area contributed by atoms with Crippen LogP contribution in [0.15, 0.2) is 23.0 Å². The van der Waals surface area contributed by atoms with Gasteiger partial charge in [-0.3, -0.25) is 4.79 Å². The zero-order chi connectivity index (χ0) is 17.4. The van der Waals surface area contributed by atoms with Gasteiger partial charge in [0.1, 0.15) is 11.4 Å². The average Bonchev–Trinajstić information content (AvgIpc) is 3.19. The zero-order valence-electron chi connectivity index (χ0n) is 15.3. The van der Waals surface area contributed by atoms with Crippen molar-refractivity contribution in [3.05, 3.63) is 34.2 Å². The second-order valence-corrected chi connectivity index (χ2v) is 8.12. The van der Waals surface area contributed by atoms with Gasteiger partial charge in [-0.25, -0.2) is 4.98 Å². The van der Waals surface area contributed by atoms with Crippen molar-refractivity contribution in [3.8, 4) is 5.75 Å². The topological polar surface area (TPSA) is 55.0 Å². The maximum Gasteiger partial charge on any atom is 0.270 e. The summed E-state index contributed by atoms with van der Waals surface area (Å²) in [6, 6.07) is 5.61. The van der Waals surface area contributed by atoms with Crippen LogP contribution < -0.4 is 10.3 Å². The highest BCUT2D eigenvalue weighted by atomic mass is 16.5. The fourth-order valence-electron chi connectivity index (χ4n) is 4.98. The third-order valence-electron chi connectivity index (χ3n) is 6.51. The van der Waals surface area contributed by atoms with Gasteiger partial charge in [-0.1, -0.05) is 19.8 Å². The summed E-state index contributed by atoms with van der Waals surface area (Å²) < 4.78 is 5.20. The van der Waals surface area contributed by atoms with Crippen molar-refractivity contribution in [1.29, 1.82) is 0 Å². The van der Waals surface area contributed by atoms with Crippen LogP contribution in [0.25, 0.3) is 11.0 Å². The van der Waals surface area contributed by atoms with E-state index in [4.69, 9.17) is 4.74 Å². The Balaban J connectivity index is 1.33. The van der Waals surface area contributed by atoms with E-state index < -0.39 is 0 Å². The van der Waals surface area contributed by atoms with E-state index in [1.165, 1.54) is 32.1 Å². The standard InChI is InChI=1S/C21H28N2O2/c1-13(17-11-14-9-15(17)10-14)5-3-4-6-19-21(24)23-20-12-16(25-2)7-8-18(20)22-19/h7-8,12-15,17H,3-6,9-11H2,1-2H3,(H,23,24). The highest BCUT2D eigenvalue weighted by molar-refractivity contribution is 5.75. The number of rotatable bonds is 7. The van der Waals surface area contributed by atoms with Crippen molar-refractivity contribution in [2.24, 2.45) is 23.7 Å².